The van der Waals surface area contributed by atoms with Crippen molar-refractivity contribution in [3.05, 3.63) is 23.4 Å². The first-order valence-electron chi connectivity index (χ1n) is 5.68. The molecule has 1 N–H and O–H groups in total. The van der Waals surface area contributed by atoms with Crippen molar-refractivity contribution in [3.63, 3.8) is 0 Å². The Bertz CT molecular complexity index is 342. The number of hydrogen-bond acceptors (Lipinski definition) is 3. The molecule has 0 saturated carbocycles. The zero-order valence-electron chi connectivity index (χ0n) is 9.83. The molecule has 3 nitrogen and oxygen atoms in total. The van der Waals surface area contributed by atoms with Gasteiger partial charge in [0.2, 0.25) is 0 Å². The fourth-order valence-electron chi connectivity index (χ4n) is 2.03. The summed E-state index contributed by atoms with van der Waals surface area (Å²) >= 11 is 5.83. The summed E-state index contributed by atoms with van der Waals surface area (Å²) in [5.74, 6) is 1.03. The number of nitrogens with zero attached hydrogens (tertiary/aromatic N) is 2. The average Bonchev–Trinajstić information content (AvgIpc) is 2.32. The maximum atomic E-state index is 5.83. The first kappa shape index (κ1) is 11.7. The molecule has 0 unspecified atom stereocenters. The lowest BCUT2D eigenvalue weighted by Crippen LogP contribution is -2.50. The molecular weight excluding hydrogens is 222 g/mol. The van der Waals surface area contributed by atoms with Gasteiger partial charge in [-0.1, -0.05) is 11.6 Å². The van der Waals surface area contributed by atoms with Crippen molar-refractivity contribution in [2.24, 2.45) is 0 Å². The van der Waals surface area contributed by atoms with Gasteiger partial charge in [0, 0.05) is 24.8 Å². The third-order valence-corrected chi connectivity index (χ3v) is 3.73. The van der Waals surface area contributed by atoms with E-state index < -0.39 is 0 Å². The molecule has 1 aliphatic heterocycles. The minimum Gasteiger partial charge on any atom is -0.356 e. The number of halogens is 1. The van der Waals surface area contributed by atoms with Crippen molar-refractivity contribution >= 4 is 17.4 Å². The molecule has 1 fully saturated rings. The van der Waals surface area contributed by atoms with Crippen molar-refractivity contribution in [3.8, 4) is 0 Å². The standard InChI is InChI=1S/C12H18ClN3/c1-12(14-2)5-7-16(8-6-12)11-4-3-10(13)9-15-11/h3-4,9,14H,5-8H2,1-2H3. The van der Waals surface area contributed by atoms with E-state index in [1.807, 2.05) is 19.2 Å². The Kier molecular flexibility index (Phi) is 3.36. The van der Waals surface area contributed by atoms with Crippen LogP contribution in [0.2, 0.25) is 5.02 Å². The van der Waals surface area contributed by atoms with Crippen LogP contribution in [-0.2, 0) is 0 Å². The van der Waals surface area contributed by atoms with Gasteiger partial charge in [-0.05, 0) is 38.9 Å². The predicted octanol–water partition coefficient (Wildman–Crippen LogP) is 2.31. The SMILES string of the molecule is CNC1(C)CCN(c2ccc(Cl)cn2)CC1. The van der Waals surface area contributed by atoms with Gasteiger partial charge in [-0.25, -0.2) is 4.98 Å². The van der Waals surface area contributed by atoms with Crippen LogP contribution in [0.4, 0.5) is 5.82 Å². The van der Waals surface area contributed by atoms with Crippen LogP contribution in [0.3, 0.4) is 0 Å². The Morgan fingerprint density at radius 1 is 1.38 bits per heavy atom. The Balaban J connectivity index is 2.01. The number of aromatic nitrogens is 1. The van der Waals surface area contributed by atoms with E-state index in [4.69, 9.17) is 11.6 Å². The lowest BCUT2D eigenvalue weighted by Gasteiger charge is -2.39. The van der Waals surface area contributed by atoms with Gasteiger partial charge in [0.15, 0.2) is 0 Å². The highest BCUT2D eigenvalue weighted by Crippen LogP contribution is 2.24. The molecular formula is C12H18ClN3. The topological polar surface area (TPSA) is 28.2 Å². The van der Waals surface area contributed by atoms with Gasteiger partial charge in [0.05, 0.1) is 5.02 Å². The van der Waals surface area contributed by atoms with E-state index in [-0.39, 0.29) is 5.54 Å². The molecule has 1 aliphatic rings. The molecule has 1 aromatic rings. The molecule has 1 saturated heterocycles. The Morgan fingerprint density at radius 3 is 2.56 bits per heavy atom. The minimum atomic E-state index is 0.281. The van der Waals surface area contributed by atoms with E-state index in [2.05, 4.69) is 22.1 Å². The van der Waals surface area contributed by atoms with Gasteiger partial charge in [0.1, 0.15) is 5.82 Å². The molecule has 0 aliphatic carbocycles. The lowest BCUT2D eigenvalue weighted by atomic mass is 9.90. The van der Waals surface area contributed by atoms with Crippen molar-refractivity contribution in [2.45, 2.75) is 25.3 Å². The zero-order valence-corrected chi connectivity index (χ0v) is 10.6. The molecule has 4 heteroatoms. The number of pyridine rings is 1. The zero-order chi connectivity index (χ0) is 11.6. The van der Waals surface area contributed by atoms with Gasteiger partial charge in [-0.3, -0.25) is 0 Å². The number of rotatable bonds is 2. The molecule has 0 radical (unpaired) electrons. The van der Waals surface area contributed by atoms with E-state index in [1.165, 1.54) is 0 Å². The van der Waals surface area contributed by atoms with Gasteiger partial charge >= 0.3 is 0 Å². The van der Waals surface area contributed by atoms with Gasteiger partial charge in [-0.15, -0.1) is 0 Å². The van der Waals surface area contributed by atoms with Crippen LogP contribution >= 0.6 is 11.6 Å². The maximum Gasteiger partial charge on any atom is 0.128 e. The Morgan fingerprint density at radius 2 is 2.06 bits per heavy atom. The molecule has 0 aromatic carbocycles. The summed E-state index contributed by atoms with van der Waals surface area (Å²) in [7, 11) is 2.04. The highest BCUT2D eigenvalue weighted by molar-refractivity contribution is 6.30. The molecule has 1 aromatic heterocycles. The summed E-state index contributed by atoms with van der Waals surface area (Å²) in [5.41, 5.74) is 0.281. The molecule has 88 valence electrons. The monoisotopic (exact) mass is 239 g/mol. The molecule has 0 spiro atoms. The second-order valence-corrected chi connectivity index (χ2v) is 5.07. The first-order valence-corrected chi connectivity index (χ1v) is 6.06. The molecule has 2 heterocycles. The number of nitrogens with one attached hydrogen (secondary N) is 1. The average molecular weight is 240 g/mol. The van der Waals surface area contributed by atoms with Crippen molar-refractivity contribution < 1.29 is 0 Å². The summed E-state index contributed by atoms with van der Waals surface area (Å²) in [5, 5.41) is 4.09. The number of hydrogen-bond donors (Lipinski definition) is 1. The van der Waals surface area contributed by atoms with E-state index in [9.17, 15) is 0 Å². The van der Waals surface area contributed by atoms with Crippen LogP contribution in [0.25, 0.3) is 0 Å². The summed E-state index contributed by atoms with van der Waals surface area (Å²) in [6.45, 7) is 4.37. The fourth-order valence-corrected chi connectivity index (χ4v) is 2.15. The third kappa shape index (κ3) is 2.47. The van der Waals surface area contributed by atoms with Crippen LogP contribution in [-0.4, -0.2) is 30.7 Å². The summed E-state index contributed by atoms with van der Waals surface area (Å²) in [6.07, 6.45) is 4.00. The summed E-state index contributed by atoms with van der Waals surface area (Å²) in [6, 6.07) is 3.89. The van der Waals surface area contributed by atoms with Gasteiger partial charge < -0.3 is 10.2 Å². The second kappa shape index (κ2) is 4.60. The highest BCUT2D eigenvalue weighted by Gasteiger charge is 2.28. The van der Waals surface area contributed by atoms with Crippen molar-refractivity contribution in [1.82, 2.24) is 10.3 Å². The fraction of sp³-hybridized carbons (Fsp3) is 0.583. The van der Waals surface area contributed by atoms with Crippen LogP contribution in [0.15, 0.2) is 18.3 Å². The van der Waals surface area contributed by atoms with Gasteiger partial charge in [0.25, 0.3) is 0 Å². The van der Waals surface area contributed by atoms with Crippen LogP contribution < -0.4 is 10.2 Å². The summed E-state index contributed by atoms with van der Waals surface area (Å²) in [4.78, 5) is 6.66. The second-order valence-electron chi connectivity index (χ2n) is 4.63. The lowest BCUT2D eigenvalue weighted by molar-refractivity contribution is 0.304. The van der Waals surface area contributed by atoms with Gasteiger partial charge in [-0.2, -0.15) is 0 Å². The number of anilines is 1. The van der Waals surface area contributed by atoms with Crippen LogP contribution in [0.1, 0.15) is 19.8 Å². The molecule has 0 amide bonds. The first-order chi connectivity index (χ1) is 7.63. The van der Waals surface area contributed by atoms with E-state index in [0.29, 0.717) is 5.02 Å². The summed E-state index contributed by atoms with van der Waals surface area (Å²) < 4.78 is 0. The van der Waals surface area contributed by atoms with E-state index >= 15 is 0 Å². The largest absolute Gasteiger partial charge is 0.356 e. The Hall–Kier alpha value is -0.800. The van der Waals surface area contributed by atoms with E-state index in [0.717, 1.165) is 31.7 Å². The Labute approximate surface area is 102 Å². The molecule has 0 bridgehead atoms. The smallest absolute Gasteiger partial charge is 0.128 e. The van der Waals surface area contributed by atoms with E-state index in [1.54, 1.807) is 6.20 Å². The van der Waals surface area contributed by atoms with Crippen LogP contribution in [0, 0.1) is 0 Å². The normalized spacial score (nSPS) is 19.8. The van der Waals surface area contributed by atoms with Crippen molar-refractivity contribution in [1.29, 1.82) is 0 Å². The quantitative estimate of drug-likeness (QED) is 0.859. The maximum absolute atomic E-state index is 5.83. The third-order valence-electron chi connectivity index (χ3n) is 3.51. The molecule has 2 rings (SSSR count). The number of piperidine rings is 1. The predicted molar refractivity (Wildman–Crippen MR) is 68.2 cm³/mol. The molecule has 0 atom stereocenters. The van der Waals surface area contributed by atoms with Crippen molar-refractivity contribution in [2.75, 3.05) is 25.0 Å². The van der Waals surface area contributed by atoms with Crippen LogP contribution in [0.5, 0.6) is 0 Å². The highest BCUT2D eigenvalue weighted by atomic mass is 35.5. The molecule has 16 heavy (non-hydrogen) atoms. The minimum absolute atomic E-state index is 0.281.